The summed E-state index contributed by atoms with van der Waals surface area (Å²) in [6.07, 6.45) is 4.33. The van der Waals surface area contributed by atoms with E-state index < -0.39 is 5.60 Å². The molecule has 3 heteroatoms. The van der Waals surface area contributed by atoms with Gasteiger partial charge in [0.05, 0.1) is 11.6 Å². The average molecular weight is 259 g/mol. The molecule has 0 spiro atoms. The van der Waals surface area contributed by atoms with Crippen molar-refractivity contribution in [1.29, 1.82) is 0 Å². The van der Waals surface area contributed by atoms with Crippen molar-refractivity contribution in [3.63, 3.8) is 0 Å². The van der Waals surface area contributed by atoms with Crippen molar-refractivity contribution in [2.75, 3.05) is 13.1 Å². The summed E-state index contributed by atoms with van der Waals surface area (Å²) in [5, 5.41) is 10.0. The molecule has 102 valence electrons. The van der Waals surface area contributed by atoms with E-state index in [2.05, 4.69) is 17.0 Å². The van der Waals surface area contributed by atoms with Crippen LogP contribution in [0.4, 0.5) is 0 Å². The van der Waals surface area contributed by atoms with Crippen molar-refractivity contribution >= 4 is 0 Å². The number of benzene rings is 1. The molecule has 2 aliphatic heterocycles. The molecule has 1 N–H and O–H groups in total. The highest BCUT2D eigenvalue weighted by Crippen LogP contribution is 2.44. The number of nitrogens with zero attached hydrogens (tertiary/aromatic N) is 1. The Kier molecular flexibility index (Phi) is 3.11. The smallest absolute Gasteiger partial charge is 0.132 e. The van der Waals surface area contributed by atoms with Gasteiger partial charge in [0.25, 0.3) is 0 Å². The highest BCUT2D eigenvalue weighted by Gasteiger charge is 2.36. The Morgan fingerprint density at radius 2 is 1.95 bits per heavy atom. The first-order chi connectivity index (χ1) is 9.04. The molecule has 0 bridgehead atoms. The van der Waals surface area contributed by atoms with Crippen LogP contribution in [0.2, 0.25) is 0 Å². The van der Waals surface area contributed by atoms with Gasteiger partial charge in [0, 0.05) is 5.56 Å². The van der Waals surface area contributed by atoms with Gasteiger partial charge < -0.3 is 9.84 Å². The molecule has 0 aliphatic carbocycles. The molecule has 2 heterocycles. The normalized spacial score (nSPS) is 25.6. The van der Waals surface area contributed by atoms with Crippen LogP contribution in [0.25, 0.3) is 0 Å². The standard InChI is InChI=1S/C16H21NO2/c1-16(2,18)11-14-15(17-9-5-6-10-17)12-7-3-4-8-13(12)19-14/h3-4,7-8,11,15,18H,5-6,9-10H2,1-2H3/b14-11-. The zero-order valence-electron chi connectivity index (χ0n) is 11.6. The summed E-state index contributed by atoms with van der Waals surface area (Å²) in [6.45, 7) is 5.78. The van der Waals surface area contributed by atoms with Gasteiger partial charge in [0.1, 0.15) is 11.5 Å². The molecule has 0 saturated carbocycles. The molecule has 3 nitrogen and oxygen atoms in total. The van der Waals surface area contributed by atoms with Crippen LogP contribution in [-0.4, -0.2) is 28.7 Å². The first kappa shape index (κ1) is 12.7. The third kappa shape index (κ3) is 2.53. The van der Waals surface area contributed by atoms with Crippen molar-refractivity contribution in [3.05, 3.63) is 41.7 Å². The highest BCUT2D eigenvalue weighted by molar-refractivity contribution is 5.46. The number of ether oxygens (including phenoxy) is 1. The highest BCUT2D eigenvalue weighted by atomic mass is 16.5. The summed E-state index contributed by atoms with van der Waals surface area (Å²) in [6, 6.07) is 8.35. The van der Waals surface area contributed by atoms with Gasteiger partial charge in [-0.15, -0.1) is 0 Å². The Hall–Kier alpha value is -1.32. The van der Waals surface area contributed by atoms with Gasteiger partial charge in [0.2, 0.25) is 0 Å². The zero-order chi connectivity index (χ0) is 13.5. The van der Waals surface area contributed by atoms with Gasteiger partial charge in [-0.1, -0.05) is 18.2 Å². The summed E-state index contributed by atoms with van der Waals surface area (Å²) < 4.78 is 5.97. The largest absolute Gasteiger partial charge is 0.460 e. The minimum atomic E-state index is -0.852. The molecular formula is C16H21NO2. The van der Waals surface area contributed by atoms with Crippen molar-refractivity contribution in [2.45, 2.75) is 38.3 Å². The number of fused-ring (bicyclic) bond motifs is 1. The summed E-state index contributed by atoms with van der Waals surface area (Å²) in [7, 11) is 0. The lowest BCUT2D eigenvalue weighted by molar-refractivity contribution is 0.126. The molecule has 0 amide bonds. The molecule has 1 fully saturated rings. The van der Waals surface area contributed by atoms with Crippen LogP contribution in [0, 0.1) is 0 Å². The van der Waals surface area contributed by atoms with Gasteiger partial charge in [0.15, 0.2) is 0 Å². The molecule has 1 saturated heterocycles. The van der Waals surface area contributed by atoms with Crippen LogP contribution < -0.4 is 4.74 Å². The Balaban J connectivity index is 2.00. The molecule has 1 unspecified atom stereocenters. The summed E-state index contributed by atoms with van der Waals surface area (Å²) in [5.41, 5.74) is 0.370. The van der Waals surface area contributed by atoms with Crippen molar-refractivity contribution in [1.82, 2.24) is 4.90 Å². The average Bonchev–Trinajstić information content (AvgIpc) is 2.92. The van der Waals surface area contributed by atoms with E-state index in [-0.39, 0.29) is 6.04 Å². The first-order valence-electron chi connectivity index (χ1n) is 7.00. The number of para-hydroxylation sites is 1. The quantitative estimate of drug-likeness (QED) is 0.886. The van der Waals surface area contributed by atoms with E-state index in [9.17, 15) is 5.11 Å². The van der Waals surface area contributed by atoms with Gasteiger partial charge in [-0.25, -0.2) is 0 Å². The van der Waals surface area contributed by atoms with Gasteiger partial charge >= 0.3 is 0 Å². The van der Waals surface area contributed by atoms with Crippen LogP contribution in [-0.2, 0) is 0 Å². The van der Waals surface area contributed by atoms with E-state index in [0.717, 1.165) is 24.6 Å². The molecule has 3 rings (SSSR count). The van der Waals surface area contributed by atoms with E-state index in [1.54, 1.807) is 13.8 Å². The predicted octanol–water partition coefficient (Wildman–Crippen LogP) is 2.87. The second kappa shape index (κ2) is 4.66. The lowest BCUT2D eigenvalue weighted by Crippen LogP contribution is -2.27. The zero-order valence-corrected chi connectivity index (χ0v) is 11.6. The Morgan fingerprint density at radius 3 is 2.63 bits per heavy atom. The van der Waals surface area contributed by atoms with Crippen LogP contribution in [0.15, 0.2) is 36.1 Å². The molecule has 0 radical (unpaired) electrons. The minimum Gasteiger partial charge on any atom is -0.460 e. The number of hydrogen-bond donors (Lipinski definition) is 1. The molecule has 1 aromatic carbocycles. The van der Waals surface area contributed by atoms with Crippen LogP contribution in [0.3, 0.4) is 0 Å². The van der Waals surface area contributed by atoms with E-state index in [0.29, 0.717) is 0 Å². The SMILES string of the molecule is CC(C)(O)/C=C1\Oc2ccccc2C1N1CCCC1. The first-order valence-corrected chi connectivity index (χ1v) is 7.00. The van der Waals surface area contributed by atoms with Crippen LogP contribution in [0.1, 0.15) is 38.3 Å². The maximum atomic E-state index is 10.0. The maximum absolute atomic E-state index is 10.0. The molecular weight excluding hydrogens is 238 g/mol. The number of rotatable bonds is 2. The monoisotopic (exact) mass is 259 g/mol. The van der Waals surface area contributed by atoms with Crippen molar-refractivity contribution in [3.8, 4) is 5.75 Å². The predicted molar refractivity (Wildman–Crippen MR) is 75.0 cm³/mol. The minimum absolute atomic E-state index is 0.171. The van der Waals surface area contributed by atoms with Crippen molar-refractivity contribution < 1.29 is 9.84 Å². The fourth-order valence-corrected chi connectivity index (χ4v) is 2.97. The van der Waals surface area contributed by atoms with Crippen molar-refractivity contribution in [2.24, 2.45) is 0 Å². The fourth-order valence-electron chi connectivity index (χ4n) is 2.97. The molecule has 0 aromatic heterocycles. The van der Waals surface area contributed by atoms with E-state index >= 15 is 0 Å². The Labute approximate surface area is 114 Å². The van der Waals surface area contributed by atoms with E-state index in [1.165, 1.54) is 18.4 Å². The van der Waals surface area contributed by atoms with E-state index in [1.807, 2.05) is 18.2 Å². The van der Waals surface area contributed by atoms with Crippen LogP contribution >= 0.6 is 0 Å². The molecule has 19 heavy (non-hydrogen) atoms. The van der Waals surface area contributed by atoms with Gasteiger partial charge in [-0.3, -0.25) is 4.90 Å². The number of likely N-dealkylation sites (tertiary alicyclic amines) is 1. The molecule has 1 atom stereocenters. The maximum Gasteiger partial charge on any atom is 0.132 e. The van der Waals surface area contributed by atoms with Gasteiger partial charge in [-0.2, -0.15) is 0 Å². The third-order valence-electron chi connectivity index (χ3n) is 3.71. The number of aliphatic hydroxyl groups is 1. The Morgan fingerprint density at radius 1 is 1.26 bits per heavy atom. The Bertz CT molecular complexity index is 496. The van der Waals surface area contributed by atoms with Gasteiger partial charge in [-0.05, 0) is 51.9 Å². The summed E-state index contributed by atoms with van der Waals surface area (Å²) >= 11 is 0. The second-order valence-corrected chi connectivity index (χ2v) is 5.99. The lowest BCUT2D eigenvalue weighted by atomic mass is 10.0. The van der Waals surface area contributed by atoms with E-state index in [4.69, 9.17) is 4.74 Å². The second-order valence-electron chi connectivity index (χ2n) is 5.99. The fraction of sp³-hybridized carbons (Fsp3) is 0.500. The molecule has 1 aromatic rings. The summed E-state index contributed by atoms with van der Waals surface area (Å²) in [4.78, 5) is 2.45. The number of hydrogen-bond acceptors (Lipinski definition) is 3. The topological polar surface area (TPSA) is 32.7 Å². The molecule has 2 aliphatic rings. The lowest BCUT2D eigenvalue weighted by Gasteiger charge is -2.25. The summed E-state index contributed by atoms with van der Waals surface area (Å²) in [5.74, 6) is 1.80. The van der Waals surface area contributed by atoms with Crippen LogP contribution in [0.5, 0.6) is 5.75 Å². The third-order valence-corrected chi connectivity index (χ3v) is 3.71.